The van der Waals surface area contributed by atoms with E-state index in [1.165, 1.54) is 69.5 Å². The monoisotopic (exact) mass is 743 g/mol. The van der Waals surface area contributed by atoms with E-state index in [1.54, 1.807) is 11.3 Å². The van der Waals surface area contributed by atoms with Crippen molar-refractivity contribution in [2.45, 2.75) is 0 Å². The molecule has 57 heavy (non-hydrogen) atoms. The van der Waals surface area contributed by atoms with Gasteiger partial charge in [0, 0.05) is 36.9 Å². The zero-order valence-electron chi connectivity index (χ0n) is 30.8. The van der Waals surface area contributed by atoms with Crippen molar-refractivity contribution in [2.75, 3.05) is 0 Å². The number of benzene rings is 9. The van der Waals surface area contributed by atoms with Gasteiger partial charge in [0.1, 0.15) is 0 Å². The van der Waals surface area contributed by atoms with E-state index >= 15 is 0 Å². The highest BCUT2D eigenvalue weighted by atomic mass is 32.1. The first-order chi connectivity index (χ1) is 28.3. The molecule has 0 bridgehead atoms. The van der Waals surface area contributed by atoms with Crippen molar-refractivity contribution in [1.82, 2.24) is 15.0 Å². The quantitative estimate of drug-likeness (QED) is 0.170. The van der Waals surface area contributed by atoms with Crippen LogP contribution in [0.4, 0.5) is 0 Å². The second kappa shape index (κ2) is 13.8. The minimum Gasteiger partial charge on any atom is -0.208 e. The molecule has 9 aromatic carbocycles. The van der Waals surface area contributed by atoms with Crippen LogP contribution in [0, 0.1) is 0 Å². The molecule has 0 aliphatic rings. The van der Waals surface area contributed by atoms with Gasteiger partial charge in [0.25, 0.3) is 0 Å². The fourth-order valence-electron chi connectivity index (χ4n) is 8.26. The first-order valence-corrected chi connectivity index (χ1v) is 20.0. The number of hydrogen-bond acceptors (Lipinski definition) is 4. The fourth-order valence-corrected chi connectivity index (χ4v) is 9.47. The summed E-state index contributed by atoms with van der Waals surface area (Å²) in [4.78, 5) is 15.4. The van der Waals surface area contributed by atoms with E-state index < -0.39 is 0 Å². The van der Waals surface area contributed by atoms with Crippen LogP contribution < -0.4 is 0 Å². The van der Waals surface area contributed by atoms with Gasteiger partial charge in [0.05, 0.1) is 0 Å². The molecule has 0 saturated carbocycles. The maximum absolute atomic E-state index is 5.19. The average molecular weight is 744 g/mol. The third-order valence-electron chi connectivity index (χ3n) is 11.0. The van der Waals surface area contributed by atoms with Crippen LogP contribution in [0.1, 0.15) is 0 Å². The lowest BCUT2D eigenvalue weighted by atomic mass is 9.86. The molecule has 0 N–H and O–H groups in total. The third kappa shape index (κ3) is 5.78. The largest absolute Gasteiger partial charge is 0.208 e. The zero-order chi connectivity index (χ0) is 37.7. The summed E-state index contributed by atoms with van der Waals surface area (Å²) >= 11 is 1.79. The number of rotatable bonds is 6. The summed E-state index contributed by atoms with van der Waals surface area (Å²) in [5.74, 6) is 1.96. The molecule has 4 heteroatoms. The number of thiophene rings is 1. The van der Waals surface area contributed by atoms with Gasteiger partial charge in [-0.25, -0.2) is 15.0 Å². The number of fused-ring (bicyclic) bond motifs is 5. The summed E-state index contributed by atoms with van der Waals surface area (Å²) < 4.78 is 2.43. The molecule has 0 fully saturated rings. The highest BCUT2D eigenvalue weighted by Crippen LogP contribution is 2.44. The molecule has 0 unspecified atom stereocenters. The highest BCUT2D eigenvalue weighted by molar-refractivity contribution is 7.26. The van der Waals surface area contributed by atoms with Crippen LogP contribution in [0.5, 0.6) is 0 Å². The van der Waals surface area contributed by atoms with E-state index in [1.807, 2.05) is 18.2 Å². The average Bonchev–Trinajstić information content (AvgIpc) is 3.68. The van der Waals surface area contributed by atoms with E-state index in [4.69, 9.17) is 15.0 Å². The number of nitrogens with zero attached hydrogens (tertiary/aromatic N) is 3. The van der Waals surface area contributed by atoms with Crippen molar-refractivity contribution in [3.63, 3.8) is 0 Å². The Kier molecular flexibility index (Phi) is 8.01. The lowest BCUT2D eigenvalue weighted by Gasteiger charge is -2.18. The van der Waals surface area contributed by atoms with Gasteiger partial charge in [-0.3, -0.25) is 0 Å². The van der Waals surface area contributed by atoms with Crippen molar-refractivity contribution in [1.29, 1.82) is 0 Å². The van der Waals surface area contributed by atoms with Crippen molar-refractivity contribution in [3.05, 3.63) is 200 Å². The predicted molar refractivity (Wildman–Crippen MR) is 240 cm³/mol. The summed E-state index contributed by atoms with van der Waals surface area (Å²) in [6, 6.07) is 71.2. The van der Waals surface area contributed by atoms with Gasteiger partial charge in [-0.2, -0.15) is 0 Å². The molecule has 0 saturated heterocycles. The minimum atomic E-state index is 0.643. The van der Waals surface area contributed by atoms with Crippen molar-refractivity contribution < 1.29 is 0 Å². The summed E-state index contributed by atoms with van der Waals surface area (Å²) in [5.41, 5.74) is 10.1. The first kappa shape index (κ1) is 33.1. The molecule has 0 aliphatic carbocycles. The maximum Gasteiger partial charge on any atom is 0.165 e. The lowest BCUT2D eigenvalue weighted by Crippen LogP contribution is -2.00. The van der Waals surface area contributed by atoms with Crippen LogP contribution in [0.3, 0.4) is 0 Å². The molecule has 11 aromatic rings. The molecular formula is C53H33N3S. The van der Waals surface area contributed by atoms with E-state index in [0.717, 1.165) is 22.3 Å². The zero-order valence-corrected chi connectivity index (χ0v) is 31.6. The Hall–Kier alpha value is -7.27. The third-order valence-corrected chi connectivity index (χ3v) is 12.2. The summed E-state index contributed by atoms with van der Waals surface area (Å²) in [6.07, 6.45) is 0. The van der Waals surface area contributed by atoms with Crippen LogP contribution in [-0.2, 0) is 0 Å². The second-order valence-electron chi connectivity index (χ2n) is 14.3. The van der Waals surface area contributed by atoms with Crippen LogP contribution in [-0.4, -0.2) is 15.0 Å². The van der Waals surface area contributed by atoms with Crippen molar-refractivity contribution >= 4 is 53.1 Å². The standard InChI is InChI=1S/C53H33N3S/c1-3-14-34(15-4-1)39-32-33-43(42-21-10-9-20-41(39)42)45-31-30-35-16-7-8-19-40(35)49(45)36-26-28-38(29-27-36)52-54-51(37-17-5-2-6-18-37)55-53(56-52)47-24-13-23-46-44-22-11-12-25-48(44)57-50(46)47/h1-33H. The van der Waals surface area contributed by atoms with E-state index in [2.05, 4.69) is 182 Å². The van der Waals surface area contributed by atoms with Gasteiger partial charge >= 0.3 is 0 Å². The molecule has 3 nitrogen and oxygen atoms in total. The molecule has 0 amide bonds. The predicted octanol–water partition coefficient (Wildman–Crippen LogP) is 14.5. The number of hydrogen-bond donors (Lipinski definition) is 0. The highest BCUT2D eigenvalue weighted by Gasteiger charge is 2.19. The SMILES string of the molecule is c1ccc(-c2nc(-c3ccc(-c4c(-c5ccc(-c6ccccc6)c6ccccc56)ccc5ccccc45)cc3)nc(-c3cccc4c3sc3ccccc34)n2)cc1. The maximum atomic E-state index is 5.19. The van der Waals surface area contributed by atoms with Gasteiger partial charge in [0.15, 0.2) is 17.5 Å². The second-order valence-corrected chi connectivity index (χ2v) is 15.4. The van der Waals surface area contributed by atoms with Gasteiger partial charge in [0.2, 0.25) is 0 Å². The molecule has 11 rings (SSSR count). The van der Waals surface area contributed by atoms with E-state index in [-0.39, 0.29) is 0 Å². The Balaban J connectivity index is 1.07. The van der Waals surface area contributed by atoms with Gasteiger partial charge < -0.3 is 0 Å². The smallest absolute Gasteiger partial charge is 0.165 e. The molecular weight excluding hydrogens is 711 g/mol. The Labute approximate surface area is 334 Å². The Morgan fingerprint density at radius 3 is 1.56 bits per heavy atom. The Bertz CT molecular complexity index is 3280. The summed E-state index contributed by atoms with van der Waals surface area (Å²) in [7, 11) is 0. The molecule has 0 atom stereocenters. The Morgan fingerprint density at radius 2 is 0.807 bits per heavy atom. The van der Waals surface area contributed by atoms with E-state index in [0.29, 0.717) is 17.5 Å². The van der Waals surface area contributed by atoms with E-state index in [9.17, 15) is 0 Å². The van der Waals surface area contributed by atoms with Crippen molar-refractivity contribution in [3.8, 4) is 67.5 Å². The van der Waals surface area contributed by atoms with Crippen molar-refractivity contribution in [2.24, 2.45) is 0 Å². The summed E-state index contributed by atoms with van der Waals surface area (Å²) in [6.45, 7) is 0. The van der Waals surface area contributed by atoms with Gasteiger partial charge in [-0.05, 0) is 67.1 Å². The van der Waals surface area contributed by atoms with Crippen LogP contribution >= 0.6 is 11.3 Å². The fraction of sp³-hybridized carbons (Fsp3) is 0. The molecule has 266 valence electrons. The van der Waals surface area contributed by atoms with Gasteiger partial charge in [-0.15, -0.1) is 11.3 Å². The minimum absolute atomic E-state index is 0.643. The van der Waals surface area contributed by atoms with Crippen LogP contribution in [0.2, 0.25) is 0 Å². The Morgan fingerprint density at radius 1 is 0.281 bits per heavy atom. The first-order valence-electron chi connectivity index (χ1n) is 19.2. The van der Waals surface area contributed by atoms with Crippen LogP contribution in [0.25, 0.3) is 109 Å². The number of aromatic nitrogens is 3. The lowest BCUT2D eigenvalue weighted by molar-refractivity contribution is 1.08. The molecule has 0 radical (unpaired) electrons. The molecule has 2 aromatic heterocycles. The topological polar surface area (TPSA) is 38.7 Å². The summed E-state index contributed by atoms with van der Waals surface area (Å²) in [5, 5.41) is 7.35. The molecule has 0 aliphatic heterocycles. The van der Waals surface area contributed by atoms with Crippen LogP contribution in [0.15, 0.2) is 200 Å². The molecule has 2 heterocycles. The molecule has 0 spiro atoms. The normalized spacial score (nSPS) is 11.5. The van der Waals surface area contributed by atoms with Gasteiger partial charge in [-0.1, -0.05) is 188 Å².